The van der Waals surface area contributed by atoms with Gasteiger partial charge in [0.15, 0.2) is 11.0 Å². The largest absolute Gasteiger partial charge is 0.338 e. The molecule has 0 fully saturated rings. The van der Waals surface area contributed by atoms with Crippen LogP contribution < -0.4 is 5.73 Å². The molecule has 2 aromatic heterocycles. The maximum atomic E-state index is 5.61. The summed E-state index contributed by atoms with van der Waals surface area (Å²) in [6.07, 6.45) is 0. The summed E-state index contributed by atoms with van der Waals surface area (Å²) in [6, 6.07) is 0. The maximum Gasteiger partial charge on any atom is 0.237 e. The summed E-state index contributed by atoms with van der Waals surface area (Å²) in [6.45, 7) is 7.28. The Morgan fingerprint density at radius 2 is 2.16 bits per heavy atom. The normalized spacial score (nSPS) is 11.4. The van der Waals surface area contributed by atoms with Crippen molar-refractivity contribution < 1.29 is 4.52 Å². The summed E-state index contributed by atoms with van der Waals surface area (Å²) in [5, 5.41) is 12.9. The van der Waals surface area contributed by atoms with Gasteiger partial charge in [0.2, 0.25) is 5.89 Å². The SMILES string of the molecule is CCn1c(CN)nnc1SCc1nc(C(C)C)no1. The first-order chi connectivity index (χ1) is 9.15. The summed E-state index contributed by atoms with van der Waals surface area (Å²) < 4.78 is 7.18. The zero-order valence-electron chi connectivity index (χ0n) is 11.3. The summed E-state index contributed by atoms with van der Waals surface area (Å²) in [5.41, 5.74) is 5.61. The van der Waals surface area contributed by atoms with Crippen LogP contribution in [0, 0.1) is 0 Å². The Morgan fingerprint density at radius 1 is 1.37 bits per heavy atom. The van der Waals surface area contributed by atoms with E-state index in [4.69, 9.17) is 10.3 Å². The molecule has 2 N–H and O–H groups in total. The number of thioether (sulfide) groups is 1. The third-order valence-electron chi connectivity index (χ3n) is 2.62. The van der Waals surface area contributed by atoms with E-state index in [-0.39, 0.29) is 5.92 Å². The molecule has 0 atom stereocenters. The fourth-order valence-electron chi connectivity index (χ4n) is 1.58. The minimum atomic E-state index is 0.269. The van der Waals surface area contributed by atoms with Crippen molar-refractivity contribution in [3.05, 3.63) is 17.5 Å². The Bertz CT molecular complexity index is 535. The van der Waals surface area contributed by atoms with Crippen LogP contribution >= 0.6 is 11.8 Å². The molecule has 2 heterocycles. The Balaban J connectivity index is 2.03. The maximum absolute atomic E-state index is 5.61. The average Bonchev–Trinajstić information content (AvgIpc) is 3.02. The van der Waals surface area contributed by atoms with Gasteiger partial charge in [0, 0.05) is 12.5 Å². The van der Waals surface area contributed by atoms with Crippen LogP contribution in [0.4, 0.5) is 0 Å². The monoisotopic (exact) mass is 282 g/mol. The molecule has 0 aliphatic heterocycles. The number of rotatable bonds is 6. The Labute approximate surface area is 116 Å². The number of nitrogens with zero attached hydrogens (tertiary/aromatic N) is 5. The highest BCUT2D eigenvalue weighted by Gasteiger charge is 2.13. The van der Waals surface area contributed by atoms with Crippen LogP contribution in [0.5, 0.6) is 0 Å². The highest BCUT2D eigenvalue weighted by molar-refractivity contribution is 7.98. The van der Waals surface area contributed by atoms with Crippen LogP contribution in [0.15, 0.2) is 9.68 Å². The van der Waals surface area contributed by atoms with E-state index in [1.54, 1.807) is 0 Å². The molecule has 0 amide bonds. The molecule has 0 radical (unpaired) electrons. The smallest absolute Gasteiger partial charge is 0.237 e. The first-order valence-corrected chi connectivity index (χ1v) is 7.21. The Kier molecular flexibility index (Phi) is 4.54. The van der Waals surface area contributed by atoms with E-state index in [9.17, 15) is 0 Å². The van der Waals surface area contributed by atoms with E-state index in [1.807, 2.05) is 25.3 Å². The van der Waals surface area contributed by atoms with Gasteiger partial charge in [-0.3, -0.25) is 0 Å². The van der Waals surface area contributed by atoms with Crippen LogP contribution in [-0.2, 0) is 18.8 Å². The van der Waals surface area contributed by atoms with Gasteiger partial charge in [0.25, 0.3) is 0 Å². The van der Waals surface area contributed by atoms with Gasteiger partial charge in [-0.2, -0.15) is 4.98 Å². The first-order valence-electron chi connectivity index (χ1n) is 6.23. The molecule has 0 saturated heterocycles. The summed E-state index contributed by atoms with van der Waals surface area (Å²) in [7, 11) is 0. The van der Waals surface area contributed by atoms with Gasteiger partial charge in [0.1, 0.15) is 5.82 Å². The number of nitrogens with two attached hydrogens (primary N) is 1. The highest BCUT2D eigenvalue weighted by Crippen LogP contribution is 2.22. The van der Waals surface area contributed by atoms with Gasteiger partial charge >= 0.3 is 0 Å². The van der Waals surface area contributed by atoms with Crippen LogP contribution in [0.2, 0.25) is 0 Å². The lowest BCUT2D eigenvalue weighted by Crippen LogP contribution is -2.08. The molecular weight excluding hydrogens is 264 g/mol. The molecule has 0 aliphatic rings. The predicted molar refractivity (Wildman–Crippen MR) is 71.5 cm³/mol. The fourth-order valence-corrected chi connectivity index (χ4v) is 2.44. The van der Waals surface area contributed by atoms with E-state index < -0.39 is 0 Å². The molecule has 0 aliphatic carbocycles. The molecule has 19 heavy (non-hydrogen) atoms. The molecule has 7 nitrogen and oxygen atoms in total. The predicted octanol–water partition coefficient (Wildman–Crippen LogP) is 1.56. The molecule has 0 unspecified atom stereocenters. The van der Waals surface area contributed by atoms with Gasteiger partial charge in [-0.25, -0.2) is 0 Å². The van der Waals surface area contributed by atoms with Crippen LogP contribution in [0.3, 0.4) is 0 Å². The van der Waals surface area contributed by atoms with Crippen molar-refractivity contribution in [2.24, 2.45) is 5.73 Å². The minimum Gasteiger partial charge on any atom is -0.338 e. The van der Waals surface area contributed by atoms with Gasteiger partial charge in [-0.05, 0) is 6.92 Å². The van der Waals surface area contributed by atoms with E-state index >= 15 is 0 Å². The number of hydrogen-bond donors (Lipinski definition) is 1. The van der Waals surface area contributed by atoms with Crippen LogP contribution in [0.25, 0.3) is 0 Å². The molecule has 0 bridgehead atoms. The van der Waals surface area contributed by atoms with Crippen molar-refractivity contribution in [1.29, 1.82) is 0 Å². The molecule has 2 aromatic rings. The lowest BCUT2D eigenvalue weighted by Gasteiger charge is -2.04. The second-order valence-electron chi connectivity index (χ2n) is 4.34. The van der Waals surface area contributed by atoms with Crippen LogP contribution in [-0.4, -0.2) is 24.9 Å². The van der Waals surface area contributed by atoms with Crippen molar-refractivity contribution in [1.82, 2.24) is 24.9 Å². The lowest BCUT2D eigenvalue weighted by molar-refractivity contribution is 0.382. The quantitative estimate of drug-likeness (QED) is 0.803. The second kappa shape index (κ2) is 6.16. The fraction of sp³-hybridized carbons (Fsp3) is 0.636. The zero-order valence-corrected chi connectivity index (χ0v) is 12.1. The van der Waals surface area contributed by atoms with Crippen molar-refractivity contribution in [3.8, 4) is 0 Å². The van der Waals surface area contributed by atoms with Gasteiger partial charge in [-0.1, -0.05) is 30.8 Å². The molecule has 0 saturated carbocycles. The van der Waals surface area contributed by atoms with E-state index in [1.165, 1.54) is 11.8 Å². The summed E-state index contributed by atoms with van der Waals surface area (Å²) >= 11 is 1.52. The summed E-state index contributed by atoms with van der Waals surface area (Å²) in [4.78, 5) is 4.33. The van der Waals surface area contributed by atoms with Gasteiger partial charge in [0.05, 0.1) is 12.3 Å². The highest BCUT2D eigenvalue weighted by atomic mass is 32.2. The zero-order chi connectivity index (χ0) is 13.8. The van der Waals surface area contributed by atoms with Crippen molar-refractivity contribution in [3.63, 3.8) is 0 Å². The van der Waals surface area contributed by atoms with Crippen molar-refractivity contribution >= 4 is 11.8 Å². The molecule has 104 valence electrons. The van der Waals surface area contributed by atoms with E-state index in [0.717, 1.165) is 23.4 Å². The molecular formula is C11H18N6OS. The molecule has 0 aromatic carbocycles. The van der Waals surface area contributed by atoms with E-state index in [0.29, 0.717) is 18.2 Å². The van der Waals surface area contributed by atoms with Crippen LogP contribution in [0.1, 0.15) is 44.2 Å². The number of aromatic nitrogens is 5. The van der Waals surface area contributed by atoms with Gasteiger partial charge in [-0.15, -0.1) is 10.2 Å². The molecule has 0 spiro atoms. The Morgan fingerprint density at radius 3 is 2.74 bits per heavy atom. The van der Waals surface area contributed by atoms with Gasteiger partial charge < -0.3 is 14.8 Å². The second-order valence-corrected chi connectivity index (χ2v) is 5.28. The first kappa shape index (κ1) is 14.0. The standard InChI is InChI=1S/C11H18N6OS/c1-4-17-8(5-12)14-15-11(17)19-6-9-13-10(7(2)3)16-18-9/h7H,4-6,12H2,1-3H3. The van der Waals surface area contributed by atoms with Crippen molar-refractivity contribution in [2.45, 2.75) is 50.7 Å². The topological polar surface area (TPSA) is 95.7 Å². The number of hydrogen-bond acceptors (Lipinski definition) is 7. The lowest BCUT2D eigenvalue weighted by atomic mass is 10.2. The third-order valence-corrected chi connectivity index (χ3v) is 3.57. The van der Waals surface area contributed by atoms with Crippen molar-refractivity contribution in [2.75, 3.05) is 0 Å². The average molecular weight is 282 g/mol. The van der Waals surface area contributed by atoms with E-state index in [2.05, 4.69) is 20.3 Å². The third kappa shape index (κ3) is 3.13. The summed E-state index contributed by atoms with van der Waals surface area (Å²) in [5.74, 6) is 2.98. The minimum absolute atomic E-state index is 0.269. The Hall–Kier alpha value is -1.41. The molecule has 8 heteroatoms. The molecule has 2 rings (SSSR count).